The van der Waals surface area contributed by atoms with Gasteiger partial charge in [0.25, 0.3) is 5.91 Å². The van der Waals surface area contributed by atoms with Crippen LogP contribution >= 0.6 is 11.3 Å². The summed E-state index contributed by atoms with van der Waals surface area (Å²) in [5.74, 6) is -0.363. The van der Waals surface area contributed by atoms with Crippen molar-refractivity contribution in [3.05, 3.63) is 59.5 Å². The lowest BCUT2D eigenvalue weighted by molar-refractivity contribution is -0.123. The predicted octanol–water partition coefficient (Wildman–Crippen LogP) is 3.85. The van der Waals surface area contributed by atoms with E-state index >= 15 is 0 Å². The maximum atomic E-state index is 13.0. The molecule has 0 saturated heterocycles. The van der Waals surface area contributed by atoms with Crippen LogP contribution in [0.3, 0.4) is 0 Å². The summed E-state index contributed by atoms with van der Waals surface area (Å²) in [6.45, 7) is 6.54. The van der Waals surface area contributed by atoms with E-state index in [1.165, 1.54) is 21.7 Å². The molecule has 0 spiro atoms. The smallest absolute Gasteiger partial charge is 0.262 e. The van der Waals surface area contributed by atoms with Crippen molar-refractivity contribution in [1.29, 1.82) is 0 Å². The van der Waals surface area contributed by atoms with E-state index in [1.807, 2.05) is 44.2 Å². The van der Waals surface area contributed by atoms with Crippen LogP contribution in [0.4, 0.5) is 5.69 Å². The molecule has 194 valence electrons. The van der Waals surface area contributed by atoms with Gasteiger partial charge in [0, 0.05) is 24.3 Å². The fraction of sp³-hybridized carbons (Fsp3) is 0.385. The molecule has 0 unspecified atom stereocenters. The van der Waals surface area contributed by atoms with E-state index in [1.54, 1.807) is 25.1 Å². The van der Waals surface area contributed by atoms with E-state index in [0.29, 0.717) is 17.7 Å². The zero-order valence-corrected chi connectivity index (χ0v) is 22.5. The van der Waals surface area contributed by atoms with Crippen molar-refractivity contribution < 1.29 is 18.0 Å². The zero-order valence-electron chi connectivity index (χ0n) is 20.9. The second-order valence-electron chi connectivity index (χ2n) is 8.98. The minimum Gasteiger partial charge on any atom is -0.398 e. The summed E-state index contributed by atoms with van der Waals surface area (Å²) >= 11 is 1.39. The second-order valence-corrected chi connectivity index (χ2v) is 12.0. The molecule has 1 heterocycles. The summed E-state index contributed by atoms with van der Waals surface area (Å²) in [4.78, 5) is 26.4. The van der Waals surface area contributed by atoms with E-state index in [4.69, 9.17) is 5.73 Å². The molecule has 0 aliphatic heterocycles. The Balaban J connectivity index is 1.58. The maximum absolute atomic E-state index is 13.0. The number of para-hydroxylation sites is 1. The molecule has 1 atom stereocenters. The van der Waals surface area contributed by atoms with Gasteiger partial charge in [-0.15, -0.1) is 11.3 Å². The first kappa shape index (κ1) is 27.6. The van der Waals surface area contributed by atoms with Gasteiger partial charge >= 0.3 is 0 Å². The lowest BCUT2D eigenvalue weighted by atomic mass is 10.0. The molecule has 0 aliphatic rings. The third kappa shape index (κ3) is 6.83. The number of amides is 2. The van der Waals surface area contributed by atoms with Gasteiger partial charge in [-0.1, -0.05) is 51.1 Å². The van der Waals surface area contributed by atoms with Crippen LogP contribution < -0.4 is 16.4 Å². The maximum Gasteiger partial charge on any atom is 0.262 e. The largest absolute Gasteiger partial charge is 0.398 e. The molecular weight excluding hydrogens is 496 g/mol. The summed E-state index contributed by atoms with van der Waals surface area (Å²) in [7, 11) is -3.73. The number of carbonyl (C=O) groups is 2. The average Bonchev–Trinajstić information content (AvgIpc) is 3.28. The standard InChI is InChI=1S/C26H34N4O4S2/c1-4-30(36(33,34)24-13-8-6-11-20(24)27)15-9-14-28-25(31)21(16-18(2)3)29-26(32)23-17-19-10-5-7-12-22(19)35-23/h5-8,10-13,17-18,21H,4,9,14-16,27H2,1-3H3,(H,28,31)(H,29,32)/t21-/m0/s1. The summed E-state index contributed by atoms with van der Waals surface area (Å²) < 4.78 is 28.3. The number of rotatable bonds is 12. The Kier molecular flexibility index (Phi) is 9.47. The molecule has 0 radical (unpaired) electrons. The van der Waals surface area contributed by atoms with Crippen molar-refractivity contribution in [2.75, 3.05) is 25.4 Å². The second kappa shape index (κ2) is 12.3. The summed E-state index contributed by atoms with van der Waals surface area (Å²) in [6, 6.07) is 15.3. The van der Waals surface area contributed by atoms with Gasteiger partial charge in [-0.2, -0.15) is 4.31 Å². The molecular formula is C26H34N4O4S2. The number of sulfonamides is 1. The first-order valence-corrected chi connectivity index (χ1v) is 14.3. The number of nitrogen functional groups attached to an aromatic ring is 1. The number of fused-ring (bicyclic) bond motifs is 1. The molecule has 2 amide bonds. The number of nitrogens with two attached hydrogens (primary N) is 1. The quantitative estimate of drug-likeness (QED) is 0.243. The minimum atomic E-state index is -3.73. The van der Waals surface area contributed by atoms with Crippen LogP contribution in [-0.4, -0.2) is 50.2 Å². The van der Waals surface area contributed by atoms with Gasteiger partial charge in [-0.05, 0) is 48.4 Å². The minimum absolute atomic E-state index is 0.0804. The van der Waals surface area contributed by atoms with Crippen molar-refractivity contribution in [1.82, 2.24) is 14.9 Å². The molecule has 0 aliphatic carbocycles. The number of hydrogen-bond acceptors (Lipinski definition) is 6. The van der Waals surface area contributed by atoms with Crippen molar-refractivity contribution in [3.63, 3.8) is 0 Å². The highest BCUT2D eigenvalue weighted by Crippen LogP contribution is 2.25. The molecule has 4 N–H and O–H groups in total. The van der Waals surface area contributed by atoms with Crippen LogP contribution in [0.2, 0.25) is 0 Å². The van der Waals surface area contributed by atoms with Gasteiger partial charge < -0.3 is 16.4 Å². The fourth-order valence-electron chi connectivity index (χ4n) is 3.92. The number of nitrogens with zero attached hydrogens (tertiary/aromatic N) is 1. The Morgan fingerprint density at radius 3 is 2.44 bits per heavy atom. The summed E-state index contributed by atoms with van der Waals surface area (Å²) in [5.41, 5.74) is 6.08. The number of hydrogen-bond donors (Lipinski definition) is 3. The van der Waals surface area contributed by atoms with Crippen LogP contribution in [0.5, 0.6) is 0 Å². The van der Waals surface area contributed by atoms with Crippen molar-refractivity contribution in [2.45, 2.75) is 44.6 Å². The van der Waals surface area contributed by atoms with Crippen LogP contribution in [-0.2, 0) is 14.8 Å². The fourth-order valence-corrected chi connectivity index (χ4v) is 6.49. The highest BCUT2D eigenvalue weighted by Gasteiger charge is 2.26. The van der Waals surface area contributed by atoms with E-state index in [0.717, 1.165) is 10.1 Å². The van der Waals surface area contributed by atoms with Crippen LogP contribution in [0.25, 0.3) is 10.1 Å². The van der Waals surface area contributed by atoms with Gasteiger partial charge in [0.05, 0.1) is 10.6 Å². The molecule has 1 aromatic heterocycles. The third-order valence-electron chi connectivity index (χ3n) is 5.75. The third-order valence-corrected chi connectivity index (χ3v) is 8.91. The van der Waals surface area contributed by atoms with Gasteiger partial charge in [-0.3, -0.25) is 9.59 Å². The van der Waals surface area contributed by atoms with E-state index in [9.17, 15) is 18.0 Å². The van der Waals surface area contributed by atoms with Gasteiger partial charge in [-0.25, -0.2) is 8.42 Å². The first-order chi connectivity index (χ1) is 17.1. The van der Waals surface area contributed by atoms with Gasteiger partial charge in [0.2, 0.25) is 15.9 Å². The van der Waals surface area contributed by atoms with E-state index in [2.05, 4.69) is 10.6 Å². The topological polar surface area (TPSA) is 122 Å². The number of anilines is 1. The number of carbonyl (C=O) groups excluding carboxylic acids is 2. The Morgan fingerprint density at radius 1 is 1.08 bits per heavy atom. The Hall–Kier alpha value is -2.95. The Labute approximate surface area is 216 Å². The summed E-state index contributed by atoms with van der Waals surface area (Å²) in [6.07, 6.45) is 0.912. The van der Waals surface area contributed by atoms with Crippen molar-refractivity contribution in [3.8, 4) is 0 Å². The monoisotopic (exact) mass is 530 g/mol. The average molecular weight is 531 g/mol. The van der Waals surface area contributed by atoms with Crippen LogP contribution in [0, 0.1) is 5.92 Å². The molecule has 0 fully saturated rings. The molecule has 8 nitrogen and oxygen atoms in total. The molecule has 3 rings (SSSR count). The molecule has 36 heavy (non-hydrogen) atoms. The number of thiophene rings is 1. The highest BCUT2D eigenvalue weighted by atomic mass is 32.2. The number of benzene rings is 2. The van der Waals surface area contributed by atoms with Crippen LogP contribution in [0.1, 0.15) is 43.3 Å². The molecule has 10 heteroatoms. The Bertz CT molecular complexity index is 1270. The molecule has 3 aromatic rings. The molecule has 0 saturated carbocycles. The highest BCUT2D eigenvalue weighted by molar-refractivity contribution is 7.89. The number of nitrogens with one attached hydrogen (secondary N) is 2. The first-order valence-electron chi connectivity index (χ1n) is 12.0. The lowest BCUT2D eigenvalue weighted by Gasteiger charge is -2.22. The lowest BCUT2D eigenvalue weighted by Crippen LogP contribution is -2.47. The van der Waals surface area contributed by atoms with E-state index in [-0.39, 0.29) is 47.9 Å². The SMILES string of the molecule is CCN(CCCNC(=O)[C@H](CC(C)C)NC(=O)c1cc2ccccc2s1)S(=O)(=O)c1ccccc1N. The Morgan fingerprint density at radius 2 is 1.78 bits per heavy atom. The van der Waals surface area contributed by atoms with Gasteiger partial charge in [0.15, 0.2) is 0 Å². The molecule has 0 bridgehead atoms. The predicted molar refractivity (Wildman–Crippen MR) is 145 cm³/mol. The van der Waals surface area contributed by atoms with Crippen LogP contribution in [0.15, 0.2) is 59.5 Å². The van der Waals surface area contributed by atoms with Gasteiger partial charge in [0.1, 0.15) is 10.9 Å². The zero-order chi connectivity index (χ0) is 26.3. The summed E-state index contributed by atoms with van der Waals surface area (Å²) in [5, 5.41) is 6.73. The van der Waals surface area contributed by atoms with Crippen molar-refractivity contribution in [2.24, 2.45) is 5.92 Å². The normalized spacial score (nSPS) is 12.7. The molecule has 2 aromatic carbocycles. The van der Waals surface area contributed by atoms with Crippen molar-refractivity contribution >= 4 is 48.9 Å². The van der Waals surface area contributed by atoms with E-state index < -0.39 is 16.1 Å².